The quantitative estimate of drug-likeness (QED) is 0.635. The lowest BCUT2D eigenvalue weighted by molar-refractivity contribution is 0.0927. The second-order valence-corrected chi connectivity index (χ2v) is 6.05. The highest BCUT2D eigenvalue weighted by molar-refractivity contribution is 5.97. The van der Waals surface area contributed by atoms with E-state index in [1.807, 2.05) is 12.1 Å². The number of nitrogens with zero attached hydrogens (tertiary/aromatic N) is 1. The maximum Gasteiger partial charge on any atom is 0.176 e. The van der Waals surface area contributed by atoms with Crippen LogP contribution < -0.4 is 0 Å². The van der Waals surface area contributed by atoms with Gasteiger partial charge >= 0.3 is 0 Å². The molecule has 2 heteroatoms. The molecule has 0 bridgehead atoms. The minimum Gasteiger partial charge on any atom is -0.296 e. The maximum absolute atomic E-state index is 12.4. The minimum absolute atomic E-state index is 0.266. The van der Waals surface area contributed by atoms with E-state index in [9.17, 15) is 4.79 Å². The van der Waals surface area contributed by atoms with E-state index in [-0.39, 0.29) is 5.78 Å². The average molecular weight is 273 g/mol. The number of carbonyl (C=O) groups excluding carboxylic acids is 1. The first-order valence-corrected chi connectivity index (χ1v) is 8.07. The fourth-order valence-corrected chi connectivity index (χ4v) is 2.66. The fraction of sp³-hybridized carbons (Fsp3) is 0.611. The van der Waals surface area contributed by atoms with Crippen LogP contribution in [-0.4, -0.2) is 30.3 Å². The Kier molecular flexibility index (Phi) is 5.78. The molecule has 2 rings (SSSR count). The van der Waals surface area contributed by atoms with Gasteiger partial charge < -0.3 is 0 Å². The first-order valence-electron chi connectivity index (χ1n) is 8.07. The maximum atomic E-state index is 12.4. The number of Topliss-reactive ketones (excluding diaryl/α,β-unsaturated/α-hetero) is 1. The molecule has 1 aromatic carbocycles. The van der Waals surface area contributed by atoms with Crippen molar-refractivity contribution in [2.45, 2.75) is 46.0 Å². The van der Waals surface area contributed by atoms with Crippen molar-refractivity contribution in [3.63, 3.8) is 0 Å². The molecule has 1 fully saturated rings. The molecule has 0 saturated heterocycles. The highest BCUT2D eigenvalue weighted by atomic mass is 16.1. The molecule has 1 saturated carbocycles. The van der Waals surface area contributed by atoms with Crippen LogP contribution in [0.15, 0.2) is 24.3 Å². The van der Waals surface area contributed by atoms with Crippen LogP contribution in [0.4, 0.5) is 0 Å². The molecule has 0 aliphatic heterocycles. The molecule has 0 spiro atoms. The molecule has 0 heterocycles. The number of aryl methyl sites for hydroxylation is 1. The number of hydrogen-bond acceptors (Lipinski definition) is 2. The third-order valence-corrected chi connectivity index (χ3v) is 3.93. The molecule has 0 aromatic heterocycles. The first-order chi connectivity index (χ1) is 9.72. The molecule has 2 nitrogen and oxygen atoms in total. The molecule has 1 aliphatic carbocycles. The lowest BCUT2D eigenvalue weighted by Gasteiger charge is -2.20. The van der Waals surface area contributed by atoms with Gasteiger partial charge in [0.1, 0.15) is 0 Å². The van der Waals surface area contributed by atoms with Crippen molar-refractivity contribution in [1.82, 2.24) is 4.90 Å². The lowest BCUT2D eigenvalue weighted by Crippen LogP contribution is -2.32. The molecule has 0 unspecified atom stereocenters. The monoisotopic (exact) mass is 273 g/mol. The smallest absolute Gasteiger partial charge is 0.176 e. The van der Waals surface area contributed by atoms with Crippen LogP contribution in [0.2, 0.25) is 0 Å². The van der Waals surface area contributed by atoms with E-state index in [1.165, 1.54) is 18.4 Å². The van der Waals surface area contributed by atoms with Crippen molar-refractivity contribution in [2.75, 3.05) is 19.6 Å². The van der Waals surface area contributed by atoms with Crippen molar-refractivity contribution in [3.05, 3.63) is 35.4 Å². The van der Waals surface area contributed by atoms with Crippen molar-refractivity contribution in [3.8, 4) is 0 Å². The van der Waals surface area contributed by atoms with Gasteiger partial charge in [-0.1, -0.05) is 44.5 Å². The van der Waals surface area contributed by atoms with E-state index < -0.39 is 0 Å². The van der Waals surface area contributed by atoms with Gasteiger partial charge in [0.05, 0.1) is 6.54 Å². The highest BCUT2D eigenvalue weighted by Crippen LogP contribution is 2.29. The zero-order valence-electron chi connectivity index (χ0n) is 12.9. The predicted molar refractivity (Wildman–Crippen MR) is 84.2 cm³/mol. The fourth-order valence-electron chi connectivity index (χ4n) is 2.66. The molecular weight excluding hydrogens is 246 g/mol. The van der Waals surface area contributed by atoms with Gasteiger partial charge in [-0.15, -0.1) is 0 Å². The summed E-state index contributed by atoms with van der Waals surface area (Å²) in [6.45, 7) is 7.09. The van der Waals surface area contributed by atoms with Gasteiger partial charge in [-0.3, -0.25) is 9.69 Å². The zero-order valence-corrected chi connectivity index (χ0v) is 12.9. The summed E-state index contributed by atoms with van der Waals surface area (Å²) in [5.74, 6) is 1.11. The molecule has 0 radical (unpaired) electrons. The molecule has 0 atom stereocenters. The molecule has 110 valence electrons. The Labute approximate surface area is 123 Å². The largest absolute Gasteiger partial charge is 0.296 e. The van der Waals surface area contributed by atoms with Crippen LogP contribution in [-0.2, 0) is 6.42 Å². The highest BCUT2D eigenvalue weighted by Gasteiger charge is 2.25. The van der Waals surface area contributed by atoms with Gasteiger partial charge in [0.15, 0.2) is 5.78 Å². The van der Waals surface area contributed by atoms with E-state index >= 15 is 0 Å². The van der Waals surface area contributed by atoms with Gasteiger partial charge in [-0.2, -0.15) is 0 Å². The summed E-state index contributed by atoms with van der Waals surface area (Å²) in [6.07, 6.45) is 6.06. The van der Waals surface area contributed by atoms with E-state index in [1.54, 1.807) is 0 Å². The molecule has 0 amide bonds. The summed E-state index contributed by atoms with van der Waals surface area (Å²) >= 11 is 0. The average Bonchev–Trinajstić information content (AvgIpc) is 3.24. The van der Waals surface area contributed by atoms with Crippen LogP contribution in [0.3, 0.4) is 0 Å². The standard InChI is InChI=1S/C18H27NO/c1-3-5-15-8-10-17(11-9-15)18(20)14-19(12-4-2)13-16-6-7-16/h8-11,16H,3-7,12-14H2,1-2H3. The summed E-state index contributed by atoms with van der Waals surface area (Å²) in [5.41, 5.74) is 2.19. The molecule has 1 aromatic rings. The van der Waals surface area contributed by atoms with Crippen LogP contribution in [0.1, 0.15) is 55.5 Å². The summed E-state index contributed by atoms with van der Waals surface area (Å²) in [6, 6.07) is 8.19. The number of rotatable bonds is 9. The van der Waals surface area contributed by atoms with Gasteiger partial charge in [-0.05, 0) is 43.7 Å². The Morgan fingerprint density at radius 1 is 1.15 bits per heavy atom. The number of hydrogen-bond donors (Lipinski definition) is 0. The number of carbonyl (C=O) groups is 1. The Morgan fingerprint density at radius 3 is 2.40 bits per heavy atom. The SMILES string of the molecule is CCCc1ccc(C(=O)CN(CCC)CC2CC2)cc1. The second-order valence-electron chi connectivity index (χ2n) is 6.05. The molecule has 0 N–H and O–H groups in total. The summed E-state index contributed by atoms with van der Waals surface area (Å²) in [7, 11) is 0. The second kappa shape index (κ2) is 7.58. The Morgan fingerprint density at radius 2 is 1.85 bits per heavy atom. The summed E-state index contributed by atoms with van der Waals surface area (Å²) in [5, 5.41) is 0. The van der Waals surface area contributed by atoms with Gasteiger partial charge in [0.25, 0.3) is 0 Å². The van der Waals surface area contributed by atoms with Gasteiger partial charge in [0.2, 0.25) is 0 Å². The van der Waals surface area contributed by atoms with E-state index in [0.717, 1.165) is 43.8 Å². The summed E-state index contributed by atoms with van der Waals surface area (Å²) in [4.78, 5) is 14.7. The Balaban J connectivity index is 1.90. The zero-order chi connectivity index (χ0) is 14.4. The van der Waals surface area contributed by atoms with Crippen LogP contribution in [0, 0.1) is 5.92 Å². The lowest BCUT2D eigenvalue weighted by atomic mass is 10.0. The van der Waals surface area contributed by atoms with E-state index in [0.29, 0.717) is 6.54 Å². The van der Waals surface area contributed by atoms with Crippen LogP contribution >= 0.6 is 0 Å². The number of benzene rings is 1. The number of ketones is 1. The molecule has 20 heavy (non-hydrogen) atoms. The van der Waals surface area contributed by atoms with Gasteiger partial charge in [-0.25, -0.2) is 0 Å². The normalized spacial score (nSPS) is 14.8. The summed E-state index contributed by atoms with van der Waals surface area (Å²) < 4.78 is 0. The molecular formula is C18H27NO. The van der Waals surface area contributed by atoms with E-state index in [4.69, 9.17) is 0 Å². The minimum atomic E-state index is 0.266. The van der Waals surface area contributed by atoms with Crippen molar-refractivity contribution >= 4 is 5.78 Å². The topological polar surface area (TPSA) is 20.3 Å². The van der Waals surface area contributed by atoms with Crippen molar-refractivity contribution < 1.29 is 4.79 Å². The van der Waals surface area contributed by atoms with Crippen molar-refractivity contribution in [2.24, 2.45) is 5.92 Å². The van der Waals surface area contributed by atoms with Crippen LogP contribution in [0.5, 0.6) is 0 Å². The third kappa shape index (κ3) is 4.75. The predicted octanol–water partition coefficient (Wildman–Crippen LogP) is 3.94. The van der Waals surface area contributed by atoms with Gasteiger partial charge in [0, 0.05) is 12.1 Å². The Bertz CT molecular complexity index is 420. The first kappa shape index (κ1) is 15.2. The van der Waals surface area contributed by atoms with Crippen LogP contribution in [0.25, 0.3) is 0 Å². The van der Waals surface area contributed by atoms with Crippen molar-refractivity contribution in [1.29, 1.82) is 0 Å². The third-order valence-electron chi connectivity index (χ3n) is 3.93. The molecule has 1 aliphatic rings. The Hall–Kier alpha value is -1.15. The van der Waals surface area contributed by atoms with E-state index in [2.05, 4.69) is 30.9 Å².